The zero-order valence-electron chi connectivity index (χ0n) is 9.50. The van der Waals surface area contributed by atoms with Gasteiger partial charge in [-0.15, -0.1) is 0 Å². The first-order valence-corrected chi connectivity index (χ1v) is 6.75. The van der Waals surface area contributed by atoms with Gasteiger partial charge in [-0.2, -0.15) is 0 Å². The minimum Gasteiger partial charge on any atom is -0.399 e. The van der Waals surface area contributed by atoms with Gasteiger partial charge in [-0.3, -0.25) is 0 Å². The van der Waals surface area contributed by atoms with Crippen molar-refractivity contribution in [2.45, 2.75) is 4.90 Å². The van der Waals surface area contributed by atoms with Crippen molar-refractivity contribution in [3.8, 4) is 0 Å². The summed E-state index contributed by atoms with van der Waals surface area (Å²) in [5.41, 5.74) is 7.90. The van der Waals surface area contributed by atoms with Gasteiger partial charge in [-0.1, -0.05) is 6.07 Å². The third-order valence-corrected chi connectivity index (χ3v) is 3.29. The molecule has 2 rings (SSSR count). The summed E-state index contributed by atoms with van der Waals surface area (Å²) in [7, 11) is -3.65. The molecule has 94 valence electrons. The molecule has 0 radical (unpaired) electrons. The Bertz CT molecular complexity index is 651. The maximum atomic E-state index is 11.1. The van der Waals surface area contributed by atoms with Gasteiger partial charge in [0.1, 0.15) is 0 Å². The molecule has 2 aromatic carbocycles. The number of hydrogen-bond acceptors (Lipinski definition) is 4. The SMILES string of the molecule is Nc1cccc(Nc2ccc(S(N)(=O)=O)cc2)c1. The van der Waals surface area contributed by atoms with Gasteiger partial charge >= 0.3 is 0 Å². The van der Waals surface area contributed by atoms with Gasteiger partial charge in [0.05, 0.1) is 4.90 Å². The Morgan fingerprint density at radius 1 is 0.944 bits per heavy atom. The van der Waals surface area contributed by atoms with E-state index in [1.165, 1.54) is 12.1 Å². The molecule has 6 heteroatoms. The van der Waals surface area contributed by atoms with Crippen LogP contribution in [0.25, 0.3) is 0 Å². The fourth-order valence-electron chi connectivity index (χ4n) is 1.51. The summed E-state index contributed by atoms with van der Waals surface area (Å²) in [6, 6.07) is 13.4. The highest BCUT2D eigenvalue weighted by molar-refractivity contribution is 7.89. The van der Waals surface area contributed by atoms with Gasteiger partial charge in [0.15, 0.2) is 0 Å². The molecule has 5 nitrogen and oxygen atoms in total. The lowest BCUT2D eigenvalue weighted by Crippen LogP contribution is -2.11. The molecule has 0 aliphatic heterocycles. The van der Waals surface area contributed by atoms with Gasteiger partial charge in [0.25, 0.3) is 0 Å². The second kappa shape index (κ2) is 4.67. The Hall–Kier alpha value is -2.05. The lowest BCUT2D eigenvalue weighted by Gasteiger charge is -2.07. The van der Waals surface area contributed by atoms with E-state index in [0.717, 1.165) is 11.4 Å². The third-order valence-electron chi connectivity index (χ3n) is 2.36. The van der Waals surface area contributed by atoms with Crippen LogP contribution in [0.1, 0.15) is 0 Å². The highest BCUT2D eigenvalue weighted by atomic mass is 32.2. The molecule has 5 N–H and O–H groups in total. The molecule has 18 heavy (non-hydrogen) atoms. The van der Waals surface area contributed by atoms with E-state index in [0.29, 0.717) is 5.69 Å². The molecule has 0 spiro atoms. The van der Waals surface area contributed by atoms with Gasteiger partial charge in [-0.25, -0.2) is 13.6 Å². The largest absolute Gasteiger partial charge is 0.399 e. The molecule has 0 amide bonds. The molecule has 0 saturated heterocycles. The molecule has 2 aromatic rings. The van der Waals surface area contributed by atoms with E-state index < -0.39 is 10.0 Å². The number of benzene rings is 2. The van der Waals surface area contributed by atoms with Crippen molar-refractivity contribution < 1.29 is 8.42 Å². The number of nitrogen functional groups attached to an aromatic ring is 1. The van der Waals surface area contributed by atoms with Crippen LogP contribution in [-0.2, 0) is 10.0 Å². The lowest BCUT2D eigenvalue weighted by molar-refractivity contribution is 0.598. The number of rotatable bonds is 3. The quantitative estimate of drug-likeness (QED) is 0.733. The number of nitrogens with two attached hydrogens (primary N) is 2. The van der Waals surface area contributed by atoms with Crippen LogP contribution in [0.3, 0.4) is 0 Å². The van der Waals surface area contributed by atoms with E-state index in [9.17, 15) is 8.42 Å². The second-order valence-corrected chi connectivity index (χ2v) is 5.38. The lowest BCUT2D eigenvalue weighted by atomic mass is 10.2. The average molecular weight is 263 g/mol. The second-order valence-electron chi connectivity index (χ2n) is 3.82. The molecule has 0 atom stereocenters. The third kappa shape index (κ3) is 2.99. The maximum Gasteiger partial charge on any atom is 0.238 e. The van der Waals surface area contributed by atoms with Crippen molar-refractivity contribution in [1.29, 1.82) is 0 Å². The normalized spacial score (nSPS) is 11.2. The Balaban J connectivity index is 2.21. The molecule has 0 aliphatic carbocycles. The van der Waals surface area contributed by atoms with E-state index in [1.807, 2.05) is 12.1 Å². The first-order valence-electron chi connectivity index (χ1n) is 5.20. The maximum absolute atomic E-state index is 11.1. The van der Waals surface area contributed by atoms with E-state index in [1.54, 1.807) is 24.3 Å². The van der Waals surface area contributed by atoms with Gasteiger partial charge in [-0.05, 0) is 42.5 Å². The number of nitrogens with one attached hydrogen (secondary N) is 1. The summed E-state index contributed by atoms with van der Waals surface area (Å²) in [5, 5.41) is 8.12. The fraction of sp³-hybridized carbons (Fsp3) is 0. The molecule has 0 fully saturated rings. The summed E-state index contributed by atoms with van der Waals surface area (Å²) >= 11 is 0. The molecule has 0 saturated carbocycles. The highest BCUT2D eigenvalue weighted by Gasteiger charge is 2.06. The van der Waals surface area contributed by atoms with Crippen LogP contribution in [0.2, 0.25) is 0 Å². The zero-order valence-corrected chi connectivity index (χ0v) is 10.3. The van der Waals surface area contributed by atoms with Crippen LogP contribution in [0.15, 0.2) is 53.4 Å². The summed E-state index contributed by atoms with van der Waals surface area (Å²) in [5.74, 6) is 0. The number of sulfonamides is 1. The van der Waals surface area contributed by atoms with E-state index >= 15 is 0 Å². The van der Waals surface area contributed by atoms with Crippen molar-refractivity contribution >= 4 is 27.1 Å². The monoisotopic (exact) mass is 263 g/mol. The summed E-state index contributed by atoms with van der Waals surface area (Å²) in [6.45, 7) is 0. The highest BCUT2D eigenvalue weighted by Crippen LogP contribution is 2.19. The predicted molar refractivity (Wildman–Crippen MR) is 72.0 cm³/mol. The number of primary sulfonamides is 1. The fourth-order valence-corrected chi connectivity index (χ4v) is 2.03. The molecule has 0 aliphatic rings. The van der Waals surface area contributed by atoms with Crippen LogP contribution >= 0.6 is 0 Å². The van der Waals surface area contributed by atoms with Gasteiger partial charge < -0.3 is 11.1 Å². The van der Waals surface area contributed by atoms with Crippen molar-refractivity contribution in [2.24, 2.45) is 5.14 Å². The van der Waals surface area contributed by atoms with Crippen molar-refractivity contribution in [2.75, 3.05) is 11.1 Å². The Morgan fingerprint density at radius 2 is 1.61 bits per heavy atom. The van der Waals surface area contributed by atoms with Gasteiger partial charge in [0.2, 0.25) is 10.0 Å². The molecule has 0 aromatic heterocycles. The average Bonchev–Trinajstić information content (AvgIpc) is 2.28. The van der Waals surface area contributed by atoms with E-state index in [4.69, 9.17) is 10.9 Å². The smallest absolute Gasteiger partial charge is 0.238 e. The van der Waals surface area contributed by atoms with E-state index in [2.05, 4.69) is 5.32 Å². The summed E-state index contributed by atoms with van der Waals surface area (Å²) in [6.07, 6.45) is 0. The van der Waals surface area contributed by atoms with Crippen LogP contribution < -0.4 is 16.2 Å². The predicted octanol–water partition coefficient (Wildman–Crippen LogP) is 1.66. The van der Waals surface area contributed by atoms with Gasteiger partial charge in [0, 0.05) is 17.1 Å². The van der Waals surface area contributed by atoms with Crippen LogP contribution in [0.4, 0.5) is 17.1 Å². The Labute approximate surface area is 105 Å². The van der Waals surface area contributed by atoms with Crippen molar-refractivity contribution in [3.63, 3.8) is 0 Å². The standard InChI is InChI=1S/C12H13N3O2S/c13-9-2-1-3-11(8-9)15-10-4-6-12(7-5-10)18(14,16)17/h1-8,15H,13H2,(H2,14,16,17). The van der Waals surface area contributed by atoms with Crippen LogP contribution in [-0.4, -0.2) is 8.42 Å². The van der Waals surface area contributed by atoms with Crippen LogP contribution in [0, 0.1) is 0 Å². The molecule has 0 unspecified atom stereocenters. The zero-order chi connectivity index (χ0) is 13.2. The van der Waals surface area contributed by atoms with E-state index in [-0.39, 0.29) is 4.90 Å². The molecule has 0 heterocycles. The summed E-state index contributed by atoms with van der Waals surface area (Å²) in [4.78, 5) is 0.0839. The minimum atomic E-state index is -3.65. The molecular weight excluding hydrogens is 250 g/mol. The Morgan fingerprint density at radius 3 is 2.17 bits per heavy atom. The van der Waals surface area contributed by atoms with Crippen molar-refractivity contribution in [1.82, 2.24) is 0 Å². The first kappa shape index (κ1) is 12.4. The molecule has 0 bridgehead atoms. The van der Waals surface area contributed by atoms with Crippen LogP contribution in [0.5, 0.6) is 0 Å². The first-order chi connectivity index (χ1) is 8.45. The number of anilines is 3. The molecular formula is C12H13N3O2S. The minimum absolute atomic E-state index is 0.0839. The number of hydrogen-bond donors (Lipinski definition) is 3. The summed E-state index contributed by atoms with van der Waals surface area (Å²) < 4.78 is 22.2. The Kier molecular flexibility index (Phi) is 3.22. The van der Waals surface area contributed by atoms with Crippen molar-refractivity contribution in [3.05, 3.63) is 48.5 Å². The topological polar surface area (TPSA) is 98.2 Å².